The molecule has 2 N–H and O–H groups in total. The molecule has 116 valence electrons. The van der Waals surface area contributed by atoms with E-state index in [1.807, 2.05) is 0 Å². The van der Waals surface area contributed by atoms with Gasteiger partial charge in [0.15, 0.2) is 0 Å². The second-order valence-corrected chi connectivity index (χ2v) is 5.79. The molecule has 0 amide bonds. The van der Waals surface area contributed by atoms with Gasteiger partial charge in [-0.15, -0.1) is 0 Å². The highest BCUT2D eigenvalue weighted by Crippen LogP contribution is 2.34. The van der Waals surface area contributed by atoms with Crippen LogP contribution < -0.4 is 0 Å². The molecule has 0 saturated carbocycles. The van der Waals surface area contributed by atoms with Gasteiger partial charge in [0.25, 0.3) is 0 Å². The van der Waals surface area contributed by atoms with Crippen LogP contribution in [0.3, 0.4) is 0 Å². The van der Waals surface area contributed by atoms with E-state index in [0.717, 1.165) is 6.08 Å². The third kappa shape index (κ3) is 13.3. The van der Waals surface area contributed by atoms with E-state index in [4.69, 9.17) is 15.9 Å². The first-order valence-corrected chi connectivity index (χ1v) is 8.00. The van der Waals surface area contributed by atoms with Gasteiger partial charge in [0.05, 0.1) is 27.1 Å². The summed E-state index contributed by atoms with van der Waals surface area (Å²) in [6, 6.07) is 0. The van der Waals surface area contributed by atoms with E-state index in [1.54, 1.807) is 0 Å². The van der Waals surface area contributed by atoms with Crippen LogP contribution in [0.5, 0.6) is 0 Å². The van der Waals surface area contributed by atoms with Crippen LogP contribution >= 0.6 is 7.60 Å². The molecule has 0 saturated heterocycles. The number of hydrogen-bond acceptors (Lipinski definition) is 5. The molecule has 0 aromatic heterocycles. The summed E-state index contributed by atoms with van der Waals surface area (Å²) in [6.07, 6.45) is 2.46. The van der Waals surface area contributed by atoms with Gasteiger partial charge in [0, 0.05) is 6.08 Å². The second kappa shape index (κ2) is 10.6. The van der Waals surface area contributed by atoms with Crippen LogP contribution in [-0.2, 0) is 23.6 Å². The lowest BCUT2D eigenvalue weighted by Crippen LogP contribution is -2.08. The van der Waals surface area contributed by atoms with Crippen LogP contribution in [0.15, 0.2) is 12.7 Å². The Bertz CT molecular complexity index is 393. The zero-order valence-corrected chi connectivity index (χ0v) is 12.1. The Labute approximate surface area is 119 Å². The molecule has 0 rings (SSSR count). The minimum atomic E-state index is -4.17. The van der Waals surface area contributed by atoms with Gasteiger partial charge in [-0.25, -0.2) is 4.79 Å². The van der Waals surface area contributed by atoms with Crippen LogP contribution in [0.25, 0.3) is 0 Å². The van der Waals surface area contributed by atoms with Crippen LogP contribution in [0.1, 0.15) is 33.5 Å². The average molecular weight is 309 g/mol. The quantitative estimate of drug-likeness (QED) is 0.257. The molecule has 8 heteroatoms. The Balaban J connectivity index is 3.51. The number of carbonyl (C=O) groups is 2. The molecule has 0 aliphatic rings. The van der Waals surface area contributed by atoms with Gasteiger partial charge in [-0.05, 0) is 25.7 Å². The van der Waals surface area contributed by atoms with E-state index in [-0.39, 0.29) is 13.0 Å². The Kier molecular flexibility index (Phi) is 8.95. The van der Waals surface area contributed by atoms with Gasteiger partial charge in [-0.3, -0.25) is 9.36 Å². The normalized spacial score (nSPS) is 13.2. The molecule has 7 nitrogen and oxygen atoms in total. The first kappa shape index (κ1) is 16.9. The highest BCUT2D eigenvalue weighted by atomic mass is 31.2. The minimum absolute atomic E-state index is 0.162. The third-order valence-electron chi connectivity index (χ3n) is 2.20. The molecule has 1 unspecified atom stereocenters. The van der Waals surface area contributed by atoms with E-state index in [9.17, 15) is 14.2 Å². The molecular weight excluding hydrogens is 287 g/mol. The molecule has 0 radical (unpaired) electrons. The van der Waals surface area contributed by atoms with E-state index >= 15 is 0 Å². The molecule has 0 spiro atoms. The number of rotatable bonds is 11. The molecule has 0 aliphatic heterocycles. The summed E-state index contributed by atoms with van der Waals surface area (Å²) in [5, 5.41) is 0. The van der Waals surface area contributed by atoms with Gasteiger partial charge in [0.2, 0.25) is 0 Å². The first-order chi connectivity index (χ1) is 9.74. The maximum atomic E-state index is 11.1. The fraction of sp³-hybridized carbons (Fsp3) is 0.667. The van der Waals surface area contributed by atoms with Crippen molar-refractivity contribution in [2.45, 2.75) is 32.1 Å². The molecule has 0 aliphatic carbocycles. The first-order valence-electron chi connectivity index (χ1n) is 6.78. The smallest absolute Gasteiger partial charge is 0.330 e. The van der Waals surface area contributed by atoms with Gasteiger partial charge in [0.1, 0.15) is 0 Å². The molecule has 0 heterocycles. The summed E-state index contributed by atoms with van der Waals surface area (Å²) < 4.78 is 27.4. The van der Waals surface area contributed by atoms with Crippen molar-refractivity contribution in [2.24, 2.45) is 0 Å². The molecule has 0 bridgehead atoms. The van der Waals surface area contributed by atoms with Gasteiger partial charge >= 0.3 is 19.5 Å². The van der Waals surface area contributed by atoms with Crippen molar-refractivity contribution in [2.75, 3.05) is 19.4 Å². The monoisotopic (exact) mass is 309 g/mol. The molecule has 0 aromatic rings. The lowest BCUT2D eigenvalue weighted by atomic mass is 10.2. The van der Waals surface area contributed by atoms with Crippen LogP contribution in [0.2, 0.25) is 0 Å². The van der Waals surface area contributed by atoms with Gasteiger partial charge in [-0.2, -0.15) is 0 Å². The fourth-order valence-electron chi connectivity index (χ4n) is 1.19. The molecule has 20 heavy (non-hydrogen) atoms. The third-order valence-corrected chi connectivity index (χ3v) is 3.01. The second-order valence-electron chi connectivity index (χ2n) is 4.02. The summed E-state index contributed by atoms with van der Waals surface area (Å²) in [5.74, 6) is -1.27. The van der Waals surface area contributed by atoms with Crippen LogP contribution in [0.4, 0.5) is 0 Å². The Morgan fingerprint density at radius 2 is 1.85 bits per heavy atom. The number of esters is 2. The van der Waals surface area contributed by atoms with Crippen molar-refractivity contribution < 1.29 is 34.8 Å². The number of unbranched alkanes of at least 4 members (excludes halogenated alkanes) is 2. The number of hydrogen-bond donors (Lipinski definition) is 2. The van der Waals surface area contributed by atoms with E-state index in [0.29, 0.717) is 25.7 Å². The number of ether oxygens (including phenoxy) is 2. The van der Waals surface area contributed by atoms with E-state index in [1.165, 1.54) is 0 Å². The highest BCUT2D eigenvalue weighted by molar-refractivity contribution is 7.51. The topological polar surface area (TPSA) is 110 Å². The average Bonchev–Trinajstić information content (AvgIpc) is 2.39. The predicted octanol–water partition coefficient (Wildman–Crippen LogP) is 1.39. The highest BCUT2D eigenvalue weighted by Gasteiger charge is 2.15. The van der Waals surface area contributed by atoms with E-state index in [2.05, 4.69) is 11.3 Å². The van der Waals surface area contributed by atoms with Crippen molar-refractivity contribution in [1.29, 1.82) is 0 Å². The minimum Gasteiger partial charge on any atom is -0.466 e. The summed E-state index contributed by atoms with van der Waals surface area (Å²) >= 11 is 0. The Hall–Kier alpha value is -1.17. The SMILES string of the molecule is [2H]C(CCCCCOC(=O)CCP(=O)(O)O)OC(=O)C=C. The van der Waals surface area contributed by atoms with Crippen molar-refractivity contribution in [1.82, 2.24) is 0 Å². The Morgan fingerprint density at radius 1 is 1.20 bits per heavy atom. The van der Waals surface area contributed by atoms with Crippen molar-refractivity contribution >= 4 is 19.5 Å². The molecule has 0 fully saturated rings. The predicted molar refractivity (Wildman–Crippen MR) is 72.1 cm³/mol. The lowest BCUT2D eigenvalue weighted by molar-refractivity contribution is -0.143. The largest absolute Gasteiger partial charge is 0.466 e. The van der Waals surface area contributed by atoms with Crippen molar-refractivity contribution in [3.05, 3.63) is 12.7 Å². The number of carbonyl (C=O) groups excluding carboxylic acids is 2. The lowest BCUT2D eigenvalue weighted by Gasteiger charge is -2.06. The fourth-order valence-corrected chi connectivity index (χ4v) is 1.66. The maximum Gasteiger partial charge on any atom is 0.330 e. The van der Waals surface area contributed by atoms with E-state index < -0.39 is 32.3 Å². The summed E-state index contributed by atoms with van der Waals surface area (Å²) in [4.78, 5) is 39.1. The van der Waals surface area contributed by atoms with Gasteiger partial charge in [-0.1, -0.05) is 6.58 Å². The Morgan fingerprint density at radius 3 is 2.45 bits per heavy atom. The summed E-state index contributed by atoms with van der Waals surface area (Å²) in [6.45, 7) is 2.46. The van der Waals surface area contributed by atoms with Gasteiger partial charge < -0.3 is 19.3 Å². The molecule has 1 atom stereocenters. The standard InChI is InChI=1S/C12H21O7P/c1-2-11(13)18-8-5-3-4-6-9-19-12(14)7-10-20(15,16)17/h2H,1,3-10H2,(H2,15,16,17)/i8D. The van der Waals surface area contributed by atoms with Crippen LogP contribution in [0, 0.1) is 0 Å². The molecule has 0 aromatic carbocycles. The van der Waals surface area contributed by atoms with Crippen LogP contribution in [-0.4, -0.2) is 41.1 Å². The zero-order chi connectivity index (χ0) is 16.3. The van der Waals surface area contributed by atoms with Crippen molar-refractivity contribution in [3.8, 4) is 0 Å². The summed E-state index contributed by atoms with van der Waals surface area (Å²) in [5.41, 5.74) is 0. The maximum absolute atomic E-state index is 11.1. The summed E-state index contributed by atoms with van der Waals surface area (Å²) in [7, 11) is -4.17. The van der Waals surface area contributed by atoms with Crippen molar-refractivity contribution in [3.63, 3.8) is 0 Å². The molecular formula is C12H21O7P. The zero-order valence-electron chi connectivity index (χ0n) is 12.2.